The Labute approximate surface area is 176 Å². The molecule has 156 valence electrons. The number of amides is 1. The van der Waals surface area contributed by atoms with Gasteiger partial charge in [0.05, 0.1) is 4.90 Å². The van der Waals surface area contributed by atoms with E-state index in [9.17, 15) is 17.6 Å². The van der Waals surface area contributed by atoms with E-state index in [1.165, 1.54) is 30.3 Å². The first kappa shape index (κ1) is 21.7. The smallest absolute Gasteiger partial charge is 0.251 e. The Hall–Kier alpha value is -3.03. The van der Waals surface area contributed by atoms with Crippen molar-refractivity contribution in [3.8, 4) is 0 Å². The molecule has 0 aliphatic rings. The van der Waals surface area contributed by atoms with Gasteiger partial charge in [0.15, 0.2) is 0 Å². The van der Waals surface area contributed by atoms with Gasteiger partial charge in [0.1, 0.15) is 5.82 Å². The zero-order chi connectivity index (χ0) is 21.7. The van der Waals surface area contributed by atoms with Crippen molar-refractivity contribution in [2.75, 3.05) is 0 Å². The van der Waals surface area contributed by atoms with Crippen LogP contribution < -0.4 is 10.0 Å². The summed E-state index contributed by atoms with van der Waals surface area (Å²) in [6.45, 7) is 4.02. The van der Waals surface area contributed by atoms with Crippen molar-refractivity contribution in [2.24, 2.45) is 0 Å². The summed E-state index contributed by atoms with van der Waals surface area (Å²) in [6, 6.07) is 17.7. The van der Waals surface area contributed by atoms with Gasteiger partial charge in [0.25, 0.3) is 5.91 Å². The zero-order valence-corrected chi connectivity index (χ0v) is 17.6. The van der Waals surface area contributed by atoms with Crippen molar-refractivity contribution in [3.05, 3.63) is 100 Å². The molecule has 7 heteroatoms. The summed E-state index contributed by atoms with van der Waals surface area (Å²) in [5.41, 5.74) is 3.74. The molecule has 0 saturated heterocycles. The van der Waals surface area contributed by atoms with Crippen LogP contribution in [0.15, 0.2) is 71.6 Å². The van der Waals surface area contributed by atoms with E-state index in [0.29, 0.717) is 16.7 Å². The maximum absolute atomic E-state index is 13.3. The van der Waals surface area contributed by atoms with Gasteiger partial charge in [0.2, 0.25) is 10.0 Å². The van der Waals surface area contributed by atoms with Gasteiger partial charge in [-0.1, -0.05) is 41.5 Å². The number of nitrogens with one attached hydrogen (secondary N) is 2. The highest BCUT2D eigenvalue weighted by Gasteiger charge is 2.15. The van der Waals surface area contributed by atoms with Crippen LogP contribution in [0.25, 0.3) is 0 Å². The molecule has 2 N–H and O–H groups in total. The number of halogens is 1. The molecule has 0 saturated carbocycles. The first-order valence-corrected chi connectivity index (χ1v) is 10.9. The fourth-order valence-corrected chi connectivity index (χ4v) is 4.21. The fourth-order valence-electron chi connectivity index (χ4n) is 3.12. The van der Waals surface area contributed by atoms with Crippen molar-refractivity contribution in [3.63, 3.8) is 0 Å². The molecule has 0 aliphatic carbocycles. The molecule has 3 aromatic carbocycles. The Kier molecular flexibility index (Phi) is 6.64. The highest BCUT2D eigenvalue weighted by atomic mass is 32.2. The summed E-state index contributed by atoms with van der Waals surface area (Å²) in [4.78, 5) is 12.5. The molecular weight excluding hydrogens is 403 g/mol. The number of hydrogen-bond acceptors (Lipinski definition) is 3. The van der Waals surface area contributed by atoms with Crippen LogP contribution in [0, 0.1) is 19.7 Å². The van der Waals surface area contributed by atoms with Gasteiger partial charge in [-0.2, -0.15) is 0 Å². The SMILES string of the molecule is Cc1cc(C)cc(C(=O)NCc2cccc(S(=O)(=O)NCc3cccc(F)c3)c2)c1. The lowest BCUT2D eigenvalue weighted by Gasteiger charge is -2.10. The van der Waals surface area contributed by atoms with Crippen molar-refractivity contribution in [1.29, 1.82) is 0 Å². The number of sulfonamides is 1. The molecule has 3 aromatic rings. The molecule has 3 rings (SSSR count). The molecule has 5 nitrogen and oxygen atoms in total. The molecular formula is C23H23FN2O3S. The average molecular weight is 427 g/mol. The first-order valence-electron chi connectivity index (χ1n) is 9.42. The van der Waals surface area contributed by atoms with Gasteiger partial charge in [-0.05, 0) is 61.4 Å². The Morgan fingerprint density at radius 1 is 0.867 bits per heavy atom. The van der Waals surface area contributed by atoms with Crippen LogP contribution in [0.3, 0.4) is 0 Å². The number of hydrogen-bond donors (Lipinski definition) is 2. The molecule has 0 radical (unpaired) electrons. The fraction of sp³-hybridized carbons (Fsp3) is 0.174. The number of carbonyl (C=O) groups is 1. The topological polar surface area (TPSA) is 75.3 Å². The van der Waals surface area contributed by atoms with Gasteiger partial charge in [-0.15, -0.1) is 0 Å². The molecule has 1 amide bonds. The lowest BCUT2D eigenvalue weighted by Crippen LogP contribution is -2.25. The summed E-state index contributed by atoms with van der Waals surface area (Å²) in [7, 11) is -3.78. The Bertz CT molecular complexity index is 1160. The van der Waals surface area contributed by atoms with E-state index in [1.54, 1.807) is 30.3 Å². The Balaban J connectivity index is 1.66. The van der Waals surface area contributed by atoms with E-state index in [-0.39, 0.29) is 23.9 Å². The number of rotatable bonds is 7. The van der Waals surface area contributed by atoms with Crippen LogP contribution in [-0.4, -0.2) is 14.3 Å². The van der Waals surface area contributed by atoms with Gasteiger partial charge in [0, 0.05) is 18.7 Å². The van der Waals surface area contributed by atoms with Crippen molar-refractivity contribution in [2.45, 2.75) is 31.8 Å². The Morgan fingerprint density at radius 2 is 1.50 bits per heavy atom. The molecule has 0 aliphatic heterocycles. The lowest BCUT2D eigenvalue weighted by molar-refractivity contribution is 0.0950. The highest BCUT2D eigenvalue weighted by molar-refractivity contribution is 7.89. The third-order valence-electron chi connectivity index (χ3n) is 4.50. The summed E-state index contributed by atoms with van der Waals surface area (Å²) in [5.74, 6) is -0.646. The van der Waals surface area contributed by atoms with Crippen LogP contribution in [0.1, 0.15) is 32.6 Å². The molecule has 0 heterocycles. The van der Waals surface area contributed by atoms with E-state index in [1.807, 2.05) is 19.9 Å². The Morgan fingerprint density at radius 3 is 2.17 bits per heavy atom. The van der Waals surface area contributed by atoms with E-state index >= 15 is 0 Å². The van der Waals surface area contributed by atoms with E-state index in [4.69, 9.17) is 0 Å². The zero-order valence-electron chi connectivity index (χ0n) is 16.8. The quantitative estimate of drug-likeness (QED) is 0.603. The summed E-state index contributed by atoms with van der Waals surface area (Å²) in [5, 5.41) is 2.82. The lowest BCUT2D eigenvalue weighted by atomic mass is 10.1. The molecule has 0 atom stereocenters. The number of carbonyl (C=O) groups excluding carboxylic acids is 1. The minimum absolute atomic E-state index is 0.0201. The maximum Gasteiger partial charge on any atom is 0.251 e. The van der Waals surface area contributed by atoms with E-state index < -0.39 is 15.8 Å². The second-order valence-corrected chi connectivity index (χ2v) is 8.93. The van der Waals surface area contributed by atoms with E-state index in [0.717, 1.165) is 11.1 Å². The minimum atomic E-state index is -3.78. The van der Waals surface area contributed by atoms with Crippen molar-refractivity contribution < 1.29 is 17.6 Å². The average Bonchev–Trinajstić information content (AvgIpc) is 2.70. The molecule has 0 bridgehead atoms. The third kappa shape index (κ3) is 5.75. The normalized spacial score (nSPS) is 11.3. The van der Waals surface area contributed by atoms with Crippen LogP contribution in [0.4, 0.5) is 4.39 Å². The predicted molar refractivity (Wildman–Crippen MR) is 114 cm³/mol. The summed E-state index contributed by atoms with van der Waals surface area (Å²) < 4.78 is 40.9. The second kappa shape index (κ2) is 9.19. The molecule has 0 unspecified atom stereocenters. The number of benzene rings is 3. The summed E-state index contributed by atoms with van der Waals surface area (Å²) in [6.07, 6.45) is 0. The van der Waals surface area contributed by atoms with Crippen LogP contribution in [-0.2, 0) is 23.1 Å². The van der Waals surface area contributed by atoms with Gasteiger partial charge >= 0.3 is 0 Å². The van der Waals surface area contributed by atoms with Crippen LogP contribution >= 0.6 is 0 Å². The molecule has 30 heavy (non-hydrogen) atoms. The van der Waals surface area contributed by atoms with Crippen molar-refractivity contribution in [1.82, 2.24) is 10.0 Å². The minimum Gasteiger partial charge on any atom is -0.348 e. The number of aryl methyl sites for hydroxylation is 2. The summed E-state index contributed by atoms with van der Waals surface area (Å²) >= 11 is 0. The predicted octanol–water partition coefficient (Wildman–Crippen LogP) is 3.85. The standard InChI is InChI=1S/C23H23FN2O3S/c1-16-9-17(2)11-20(10-16)23(27)25-14-19-6-4-8-22(13-19)30(28,29)26-15-18-5-3-7-21(24)12-18/h3-13,26H,14-15H2,1-2H3,(H,25,27). The van der Waals surface area contributed by atoms with Crippen LogP contribution in [0.2, 0.25) is 0 Å². The van der Waals surface area contributed by atoms with Crippen LogP contribution in [0.5, 0.6) is 0 Å². The monoisotopic (exact) mass is 426 g/mol. The molecule has 0 fully saturated rings. The van der Waals surface area contributed by atoms with Crippen molar-refractivity contribution >= 4 is 15.9 Å². The maximum atomic E-state index is 13.3. The molecule has 0 aromatic heterocycles. The third-order valence-corrected chi connectivity index (χ3v) is 5.90. The van der Waals surface area contributed by atoms with Gasteiger partial charge < -0.3 is 5.32 Å². The largest absolute Gasteiger partial charge is 0.348 e. The first-order chi connectivity index (χ1) is 14.2. The highest BCUT2D eigenvalue weighted by Crippen LogP contribution is 2.14. The van der Waals surface area contributed by atoms with E-state index in [2.05, 4.69) is 10.0 Å². The van der Waals surface area contributed by atoms with Gasteiger partial charge in [-0.25, -0.2) is 17.5 Å². The van der Waals surface area contributed by atoms with Gasteiger partial charge in [-0.3, -0.25) is 4.79 Å². The molecule has 0 spiro atoms. The second-order valence-electron chi connectivity index (χ2n) is 7.16.